The lowest BCUT2D eigenvalue weighted by Gasteiger charge is -2.18. The predicted octanol–water partition coefficient (Wildman–Crippen LogP) is 13.8. The van der Waals surface area contributed by atoms with Gasteiger partial charge in [-0.2, -0.15) is 0 Å². The molecule has 0 aliphatic rings. The molecule has 65 heavy (non-hydrogen) atoms. The van der Waals surface area contributed by atoms with Crippen LogP contribution in [-0.4, -0.2) is 33.5 Å². The average Bonchev–Trinajstić information content (AvgIpc) is 4.16. The molecule has 0 fully saturated rings. The summed E-state index contributed by atoms with van der Waals surface area (Å²) < 4.78 is 6.24. The Kier molecular flexibility index (Phi) is 9.12. The average molecular weight is 836 g/mol. The van der Waals surface area contributed by atoms with Crippen LogP contribution in [0.2, 0.25) is 0 Å². The van der Waals surface area contributed by atoms with Crippen LogP contribution < -0.4 is 0 Å². The van der Waals surface area contributed by atoms with Gasteiger partial charge in [-0.25, -0.2) is 15.0 Å². The fraction of sp³-hybridized carbons (Fsp3) is 0.0345. The molecule has 0 amide bonds. The molecule has 0 spiro atoms. The van der Waals surface area contributed by atoms with Crippen LogP contribution in [0.15, 0.2) is 213 Å². The second-order valence-electron chi connectivity index (χ2n) is 16.6. The van der Waals surface area contributed by atoms with Gasteiger partial charge in [0.25, 0.3) is 0 Å². The van der Waals surface area contributed by atoms with Crippen molar-refractivity contribution in [2.45, 2.75) is 0 Å². The Morgan fingerprint density at radius 1 is 0.323 bits per heavy atom. The standard InChI is InChI=1S/C58H41N7/c1-63-31-28-60-56(63)40-21-17-38(18-22-40)46-10-3-6-13-49(46)43-34-44(50-14-7-4-11-47(50)39-19-23-41(24-20-39)57-61-29-32-64(57)2)36-45(35-43)51-15-8-5-12-48(51)42-25-26-52-53(37-42)58-62-30-33-65(58)54-16-9-27-59-55(52)54/h3-37H,1-2H3. The first kappa shape index (κ1) is 38.0. The van der Waals surface area contributed by atoms with E-state index in [0.29, 0.717) is 0 Å². The van der Waals surface area contributed by atoms with Crippen molar-refractivity contribution >= 4 is 27.5 Å². The van der Waals surface area contributed by atoms with E-state index < -0.39 is 0 Å². The minimum Gasteiger partial charge on any atom is -0.334 e. The topological polar surface area (TPSA) is 65.8 Å². The molecule has 0 unspecified atom stereocenters. The fourth-order valence-corrected chi connectivity index (χ4v) is 9.54. The molecular formula is C58H41N7. The van der Waals surface area contributed by atoms with Crippen LogP contribution >= 0.6 is 0 Å². The lowest BCUT2D eigenvalue weighted by atomic mass is 9.86. The molecule has 0 saturated carbocycles. The molecule has 0 aliphatic heterocycles. The lowest BCUT2D eigenvalue weighted by molar-refractivity contribution is 0.925. The van der Waals surface area contributed by atoms with Crippen LogP contribution in [0.25, 0.3) is 117 Å². The number of pyridine rings is 2. The molecule has 12 aromatic rings. The van der Waals surface area contributed by atoms with Gasteiger partial charge >= 0.3 is 0 Å². The molecule has 7 nitrogen and oxygen atoms in total. The summed E-state index contributed by atoms with van der Waals surface area (Å²) in [5.41, 5.74) is 18.8. The zero-order valence-corrected chi connectivity index (χ0v) is 35.8. The summed E-state index contributed by atoms with van der Waals surface area (Å²) in [5, 5.41) is 2.15. The van der Waals surface area contributed by atoms with Crippen LogP contribution in [0.1, 0.15) is 0 Å². The van der Waals surface area contributed by atoms with Crippen molar-refractivity contribution in [1.82, 2.24) is 33.5 Å². The van der Waals surface area contributed by atoms with Crippen LogP contribution in [0.4, 0.5) is 0 Å². The SMILES string of the molecule is Cn1ccnc1-c1ccc(-c2ccccc2-c2cc(-c3ccccc3-c3ccc(-c4nccn4C)cc3)cc(-c3ccccc3-c3ccc4c(c3)c3nccn3c3cccnc43)c2)cc1. The first-order chi connectivity index (χ1) is 32.1. The smallest absolute Gasteiger partial charge is 0.145 e. The van der Waals surface area contributed by atoms with Gasteiger partial charge in [0.15, 0.2) is 0 Å². The highest BCUT2D eigenvalue weighted by Crippen LogP contribution is 2.43. The first-order valence-corrected chi connectivity index (χ1v) is 21.8. The zero-order chi connectivity index (χ0) is 43.4. The van der Waals surface area contributed by atoms with Gasteiger partial charge in [0.1, 0.15) is 17.3 Å². The summed E-state index contributed by atoms with van der Waals surface area (Å²) in [4.78, 5) is 18.9. The molecule has 0 bridgehead atoms. The first-order valence-electron chi connectivity index (χ1n) is 21.8. The molecule has 5 aromatic heterocycles. The second kappa shape index (κ2) is 15.6. The van der Waals surface area contributed by atoms with E-state index >= 15 is 0 Å². The van der Waals surface area contributed by atoms with Crippen LogP contribution in [0.5, 0.6) is 0 Å². The van der Waals surface area contributed by atoms with E-state index in [2.05, 4.69) is 187 Å². The largest absolute Gasteiger partial charge is 0.334 e. The van der Waals surface area contributed by atoms with E-state index in [1.54, 1.807) is 0 Å². The van der Waals surface area contributed by atoms with Gasteiger partial charge in [0, 0.05) is 79.4 Å². The summed E-state index contributed by atoms with van der Waals surface area (Å²) in [6, 6.07) is 61.7. The molecule has 308 valence electrons. The molecule has 0 atom stereocenters. The molecule has 5 heterocycles. The van der Waals surface area contributed by atoms with Crippen molar-refractivity contribution in [1.29, 1.82) is 0 Å². The summed E-state index contributed by atoms with van der Waals surface area (Å²) in [7, 11) is 4.06. The number of aromatic nitrogens is 7. The molecule has 7 aromatic carbocycles. The maximum atomic E-state index is 4.84. The van der Waals surface area contributed by atoms with Crippen molar-refractivity contribution in [3.05, 3.63) is 213 Å². The fourth-order valence-electron chi connectivity index (χ4n) is 9.54. The molecular weight excluding hydrogens is 795 g/mol. The Morgan fingerprint density at radius 2 is 0.754 bits per heavy atom. The molecule has 7 heteroatoms. The van der Waals surface area contributed by atoms with Gasteiger partial charge in [0.05, 0.1) is 11.0 Å². The van der Waals surface area contributed by atoms with E-state index in [1.165, 1.54) is 0 Å². The lowest BCUT2D eigenvalue weighted by Crippen LogP contribution is -1.94. The summed E-state index contributed by atoms with van der Waals surface area (Å²) in [6.07, 6.45) is 13.4. The molecule has 0 N–H and O–H groups in total. The van der Waals surface area contributed by atoms with E-state index in [-0.39, 0.29) is 0 Å². The van der Waals surface area contributed by atoms with Crippen molar-refractivity contribution in [3.63, 3.8) is 0 Å². The van der Waals surface area contributed by atoms with Crippen molar-refractivity contribution in [2.24, 2.45) is 14.1 Å². The molecule has 12 rings (SSSR count). The zero-order valence-electron chi connectivity index (χ0n) is 35.8. The van der Waals surface area contributed by atoms with Gasteiger partial charge in [0.2, 0.25) is 0 Å². The number of hydrogen-bond acceptors (Lipinski definition) is 4. The van der Waals surface area contributed by atoms with Gasteiger partial charge in [-0.15, -0.1) is 0 Å². The quantitative estimate of drug-likeness (QED) is 0.143. The number of hydrogen-bond donors (Lipinski definition) is 0. The van der Waals surface area contributed by atoms with Crippen LogP contribution in [0, 0.1) is 0 Å². The van der Waals surface area contributed by atoms with E-state index in [1.807, 2.05) is 63.5 Å². The third-order valence-electron chi connectivity index (χ3n) is 12.7. The summed E-state index contributed by atoms with van der Waals surface area (Å²) in [6.45, 7) is 0. The summed E-state index contributed by atoms with van der Waals surface area (Å²) >= 11 is 0. The maximum absolute atomic E-state index is 4.84. The van der Waals surface area contributed by atoms with E-state index in [0.717, 1.165) is 117 Å². The minimum atomic E-state index is 0.915. The number of rotatable bonds is 8. The Labute approximate surface area is 376 Å². The Bertz CT molecular complexity index is 3590. The van der Waals surface area contributed by atoms with Gasteiger partial charge in [-0.05, 0) is 103 Å². The minimum absolute atomic E-state index is 0.915. The van der Waals surface area contributed by atoms with Gasteiger partial charge in [-0.3, -0.25) is 9.38 Å². The van der Waals surface area contributed by atoms with Crippen molar-refractivity contribution in [3.8, 4) is 89.5 Å². The third kappa shape index (κ3) is 6.60. The normalized spacial score (nSPS) is 11.5. The number of fused-ring (bicyclic) bond motifs is 6. The molecule has 0 saturated heterocycles. The highest BCUT2D eigenvalue weighted by Gasteiger charge is 2.18. The number of benzene rings is 7. The molecule has 0 radical (unpaired) electrons. The van der Waals surface area contributed by atoms with Gasteiger partial charge < -0.3 is 9.13 Å². The van der Waals surface area contributed by atoms with Crippen LogP contribution in [0.3, 0.4) is 0 Å². The Balaban J connectivity index is 1.04. The third-order valence-corrected chi connectivity index (χ3v) is 12.7. The second-order valence-corrected chi connectivity index (χ2v) is 16.6. The summed E-state index contributed by atoms with van der Waals surface area (Å²) in [5.74, 6) is 1.88. The van der Waals surface area contributed by atoms with E-state index in [4.69, 9.17) is 9.97 Å². The van der Waals surface area contributed by atoms with Crippen molar-refractivity contribution in [2.75, 3.05) is 0 Å². The predicted molar refractivity (Wildman–Crippen MR) is 265 cm³/mol. The molecule has 0 aliphatic carbocycles. The number of imidazole rings is 3. The van der Waals surface area contributed by atoms with Gasteiger partial charge in [-0.1, -0.05) is 133 Å². The Morgan fingerprint density at radius 3 is 1.23 bits per heavy atom. The van der Waals surface area contributed by atoms with Crippen LogP contribution in [-0.2, 0) is 14.1 Å². The highest BCUT2D eigenvalue weighted by atomic mass is 15.0. The van der Waals surface area contributed by atoms with E-state index in [9.17, 15) is 0 Å². The van der Waals surface area contributed by atoms with Crippen molar-refractivity contribution < 1.29 is 0 Å². The highest BCUT2D eigenvalue weighted by molar-refractivity contribution is 6.11. The number of nitrogens with zero attached hydrogens (tertiary/aromatic N) is 7. The Hall–Kier alpha value is -8.68. The maximum Gasteiger partial charge on any atom is 0.145 e. The monoisotopic (exact) mass is 835 g/mol. The number of aryl methyl sites for hydroxylation is 2.